The molecule has 1 fully saturated rings. The Bertz CT molecular complexity index is 545. The summed E-state index contributed by atoms with van der Waals surface area (Å²) < 4.78 is 4.96. The predicted octanol–water partition coefficient (Wildman–Crippen LogP) is 0.838. The van der Waals surface area contributed by atoms with Gasteiger partial charge in [-0.1, -0.05) is 29.8 Å². The fourth-order valence-electron chi connectivity index (χ4n) is 2.79. The first-order valence-electron chi connectivity index (χ1n) is 8.43. The Kier molecular flexibility index (Phi) is 7.21. The number of nitrogens with one attached hydrogen (secondary N) is 2. The quantitative estimate of drug-likeness (QED) is 0.692. The molecule has 0 spiro atoms. The summed E-state index contributed by atoms with van der Waals surface area (Å²) >= 11 is 0. The first-order valence-corrected chi connectivity index (χ1v) is 8.43. The van der Waals surface area contributed by atoms with Crippen molar-refractivity contribution < 1.29 is 14.3 Å². The largest absolute Gasteiger partial charge is 0.385 e. The van der Waals surface area contributed by atoms with Gasteiger partial charge in [0, 0.05) is 39.9 Å². The highest BCUT2D eigenvalue weighted by molar-refractivity contribution is 5.88. The summed E-state index contributed by atoms with van der Waals surface area (Å²) in [6.45, 7) is 5.28. The average Bonchev–Trinajstić information content (AvgIpc) is 2.57. The number of carbonyl (C=O) groups excluding carboxylic acids is 2. The average molecular weight is 333 g/mol. The number of carbonyl (C=O) groups is 2. The molecule has 1 aliphatic heterocycles. The molecule has 6 heteroatoms. The van der Waals surface area contributed by atoms with E-state index in [2.05, 4.69) is 46.7 Å². The van der Waals surface area contributed by atoms with Crippen molar-refractivity contribution in [3.05, 3.63) is 35.4 Å². The smallest absolute Gasteiger partial charge is 0.237 e. The molecule has 6 nitrogen and oxygen atoms in total. The van der Waals surface area contributed by atoms with Crippen LogP contribution in [0.5, 0.6) is 0 Å². The second-order valence-corrected chi connectivity index (χ2v) is 6.16. The van der Waals surface area contributed by atoms with E-state index in [0.29, 0.717) is 26.2 Å². The van der Waals surface area contributed by atoms with Crippen LogP contribution in [0.4, 0.5) is 0 Å². The summed E-state index contributed by atoms with van der Waals surface area (Å²) in [6.07, 6.45) is 0.955. The zero-order chi connectivity index (χ0) is 17.4. The Hall–Kier alpha value is -1.92. The molecule has 0 radical (unpaired) electrons. The van der Waals surface area contributed by atoms with Crippen LogP contribution >= 0.6 is 0 Å². The van der Waals surface area contributed by atoms with Gasteiger partial charge in [-0.15, -0.1) is 0 Å². The number of nitrogens with zero attached hydrogens (tertiary/aromatic N) is 1. The molecule has 2 N–H and O–H groups in total. The fraction of sp³-hybridized carbons (Fsp3) is 0.556. The minimum absolute atomic E-state index is 0.0691. The summed E-state index contributed by atoms with van der Waals surface area (Å²) in [5, 5.41) is 5.71. The van der Waals surface area contributed by atoms with Crippen molar-refractivity contribution in [2.45, 2.75) is 32.4 Å². The Labute approximate surface area is 143 Å². The van der Waals surface area contributed by atoms with Gasteiger partial charge in [-0.25, -0.2) is 0 Å². The van der Waals surface area contributed by atoms with Crippen molar-refractivity contribution in [1.29, 1.82) is 0 Å². The van der Waals surface area contributed by atoms with Gasteiger partial charge in [0.1, 0.15) is 0 Å². The Morgan fingerprint density at radius 2 is 2.12 bits per heavy atom. The molecule has 0 aromatic heterocycles. The molecular formula is C18H27N3O3. The summed E-state index contributed by atoms with van der Waals surface area (Å²) in [5.41, 5.74) is 2.36. The Morgan fingerprint density at radius 1 is 1.38 bits per heavy atom. The lowest BCUT2D eigenvalue weighted by molar-refractivity contribution is -0.134. The molecule has 1 aliphatic rings. The zero-order valence-corrected chi connectivity index (χ0v) is 14.5. The molecule has 0 saturated carbocycles. The molecule has 1 aromatic rings. The van der Waals surface area contributed by atoms with Gasteiger partial charge in [-0.3, -0.25) is 14.5 Å². The van der Waals surface area contributed by atoms with Crippen molar-refractivity contribution in [1.82, 2.24) is 15.5 Å². The first-order chi connectivity index (χ1) is 11.6. The molecule has 0 aliphatic carbocycles. The van der Waals surface area contributed by atoms with Crippen molar-refractivity contribution in [3.63, 3.8) is 0 Å². The highest BCUT2D eigenvalue weighted by atomic mass is 16.5. The highest BCUT2D eigenvalue weighted by Gasteiger charge is 2.31. The fourth-order valence-corrected chi connectivity index (χ4v) is 2.79. The van der Waals surface area contributed by atoms with E-state index in [1.807, 2.05) is 0 Å². The molecule has 0 bridgehead atoms. The van der Waals surface area contributed by atoms with Gasteiger partial charge in [0.05, 0.1) is 12.5 Å². The number of piperazine rings is 1. The summed E-state index contributed by atoms with van der Waals surface area (Å²) in [6, 6.07) is 7.86. The van der Waals surface area contributed by atoms with Gasteiger partial charge in [0.15, 0.2) is 0 Å². The van der Waals surface area contributed by atoms with E-state index >= 15 is 0 Å². The van der Waals surface area contributed by atoms with Crippen LogP contribution in [-0.2, 0) is 20.9 Å². The molecule has 24 heavy (non-hydrogen) atoms. The number of hydrogen-bond acceptors (Lipinski definition) is 4. The Morgan fingerprint density at radius 3 is 2.83 bits per heavy atom. The van der Waals surface area contributed by atoms with Gasteiger partial charge in [0.25, 0.3) is 0 Å². The van der Waals surface area contributed by atoms with Crippen LogP contribution < -0.4 is 10.6 Å². The maximum absolute atomic E-state index is 12.2. The molecular weight excluding hydrogens is 306 g/mol. The lowest BCUT2D eigenvalue weighted by Gasteiger charge is -2.34. The molecule has 2 rings (SSSR count). The first kappa shape index (κ1) is 18.4. The summed E-state index contributed by atoms with van der Waals surface area (Å²) in [5.74, 6) is -0.164. The van der Waals surface area contributed by atoms with Crippen LogP contribution in [0, 0.1) is 6.92 Å². The lowest BCUT2D eigenvalue weighted by Crippen LogP contribution is -2.56. The molecule has 2 amide bonds. The van der Waals surface area contributed by atoms with E-state index in [-0.39, 0.29) is 18.2 Å². The number of ether oxygens (including phenoxy) is 1. The van der Waals surface area contributed by atoms with Crippen molar-refractivity contribution in [3.8, 4) is 0 Å². The van der Waals surface area contributed by atoms with Crippen molar-refractivity contribution >= 4 is 11.8 Å². The number of benzene rings is 1. The maximum atomic E-state index is 12.2. The molecule has 1 aromatic carbocycles. The van der Waals surface area contributed by atoms with E-state index in [1.165, 1.54) is 5.56 Å². The van der Waals surface area contributed by atoms with E-state index in [1.54, 1.807) is 7.11 Å². The SMILES string of the molecule is COCCCNC(=O)CC1C(=O)NCCN1Cc1ccc(C)cc1. The maximum Gasteiger partial charge on any atom is 0.237 e. The van der Waals surface area contributed by atoms with Gasteiger partial charge < -0.3 is 15.4 Å². The Balaban J connectivity index is 1.91. The second kappa shape index (κ2) is 9.39. The highest BCUT2D eigenvalue weighted by Crippen LogP contribution is 2.14. The number of amides is 2. The standard InChI is InChI=1S/C18H27N3O3/c1-14-4-6-15(7-5-14)13-21-10-9-20-18(23)16(21)12-17(22)19-8-3-11-24-2/h4-7,16H,3,8-13H2,1-2H3,(H,19,22)(H,20,23). The normalized spacial score (nSPS) is 18.2. The monoisotopic (exact) mass is 333 g/mol. The summed E-state index contributed by atoms with van der Waals surface area (Å²) in [7, 11) is 1.64. The molecule has 1 atom stereocenters. The van der Waals surface area contributed by atoms with Crippen LogP contribution in [0.15, 0.2) is 24.3 Å². The number of aryl methyl sites for hydroxylation is 1. The van der Waals surface area contributed by atoms with E-state index in [4.69, 9.17) is 4.74 Å². The van der Waals surface area contributed by atoms with Crippen molar-refractivity contribution in [2.24, 2.45) is 0 Å². The van der Waals surface area contributed by atoms with Crippen LogP contribution in [0.2, 0.25) is 0 Å². The molecule has 1 heterocycles. The minimum atomic E-state index is -0.414. The van der Waals surface area contributed by atoms with Gasteiger partial charge in [-0.2, -0.15) is 0 Å². The van der Waals surface area contributed by atoms with Crippen molar-refractivity contribution in [2.75, 3.05) is 33.4 Å². The van der Waals surface area contributed by atoms with E-state index < -0.39 is 6.04 Å². The number of rotatable bonds is 8. The summed E-state index contributed by atoms with van der Waals surface area (Å²) in [4.78, 5) is 26.4. The lowest BCUT2D eigenvalue weighted by atomic mass is 10.1. The van der Waals surface area contributed by atoms with Crippen LogP contribution in [-0.4, -0.2) is 56.1 Å². The molecule has 132 valence electrons. The van der Waals surface area contributed by atoms with E-state index in [9.17, 15) is 9.59 Å². The van der Waals surface area contributed by atoms with Crippen LogP contribution in [0.1, 0.15) is 24.0 Å². The molecule has 1 saturated heterocycles. The third-order valence-electron chi connectivity index (χ3n) is 4.17. The van der Waals surface area contributed by atoms with E-state index in [0.717, 1.165) is 18.5 Å². The third-order valence-corrected chi connectivity index (χ3v) is 4.17. The number of methoxy groups -OCH3 is 1. The minimum Gasteiger partial charge on any atom is -0.385 e. The third kappa shape index (κ3) is 5.62. The predicted molar refractivity (Wildman–Crippen MR) is 92.5 cm³/mol. The topological polar surface area (TPSA) is 70.7 Å². The van der Waals surface area contributed by atoms with Crippen LogP contribution in [0.25, 0.3) is 0 Å². The number of hydrogen-bond donors (Lipinski definition) is 2. The second-order valence-electron chi connectivity index (χ2n) is 6.16. The molecule has 1 unspecified atom stereocenters. The van der Waals surface area contributed by atoms with Gasteiger partial charge in [0.2, 0.25) is 11.8 Å². The van der Waals surface area contributed by atoms with Gasteiger partial charge in [-0.05, 0) is 18.9 Å². The zero-order valence-electron chi connectivity index (χ0n) is 14.5. The van der Waals surface area contributed by atoms with Crippen LogP contribution in [0.3, 0.4) is 0 Å². The van der Waals surface area contributed by atoms with Gasteiger partial charge >= 0.3 is 0 Å².